The fraction of sp³-hybridized carbons (Fsp3) is 0.586. The Morgan fingerprint density at radius 1 is 1.21 bits per heavy atom. The lowest BCUT2D eigenvalue weighted by Gasteiger charge is -2.61. The third-order valence-corrected chi connectivity index (χ3v) is 9.03. The summed E-state index contributed by atoms with van der Waals surface area (Å²) < 4.78 is 23.1. The van der Waals surface area contributed by atoms with E-state index in [1.54, 1.807) is 6.08 Å². The number of esters is 2. The highest BCUT2D eigenvalue weighted by Gasteiger charge is 2.72. The van der Waals surface area contributed by atoms with Crippen LogP contribution in [0.2, 0.25) is 0 Å². The number of carbonyl (C=O) groups is 4. The summed E-state index contributed by atoms with van der Waals surface area (Å²) in [4.78, 5) is 51.2. The predicted octanol–water partition coefficient (Wildman–Crippen LogP) is 0.178. The standard InChI is InChI=1S/C29H36N2O11/c1-14(32)25(35)30-17(6-8-21(33)34)27(37)40-15(2)26(36)41-19-9-10-29(38)20-13-16-5-7-18(39-4)23-22(16)28(29,24(19)42-23)11-12-31(20)3/h5,7,9,14-15,17,20,24,32,38H,6,8,10-13H2,1-4H3,(H,30,35)(H,33,34)/t14-,15-,17-,20-,24+,28+,29-/m0/s1. The fourth-order valence-corrected chi connectivity index (χ4v) is 6.90. The number of aliphatic hydroxyl groups excluding tert-OH is 1. The first-order valence-electron chi connectivity index (χ1n) is 14.0. The topological polar surface area (TPSA) is 181 Å². The van der Waals surface area contributed by atoms with Crippen molar-refractivity contribution in [1.29, 1.82) is 0 Å². The molecule has 42 heavy (non-hydrogen) atoms. The second kappa shape index (κ2) is 10.9. The van der Waals surface area contributed by atoms with Crippen molar-refractivity contribution in [3.05, 3.63) is 35.1 Å². The molecule has 2 heterocycles. The van der Waals surface area contributed by atoms with Crippen LogP contribution in [-0.2, 0) is 40.5 Å². The van der Waals surface area contributed by atoms with Gasteiger partial charge in [0.15, 0.2) is 23.7 Å². The van der Waals surface area contributed by atoms with E-state index in [-0.39, 0.29) is 24.6 Å². The summed E-state index contributed by atoms with van der Waals surface area (Å²) in [5.41, 5.74) is -0.173. The zero-order chi connectivity index (χ0) is 30.6. The molecule has 1 aromatic rings. The van der Waals surface area contributed by atoms with Crippen molar-refractivity contribution in [2.75, 3.05) is 20.7 Å². The lowest BCUT2D eigenvalue weighted by Crippen LogP contribution is -2.74. The van der Waals surface area contributed by atoms with E-state index in [9.17, 15) is 29.4 Å². The second-order valence-corrected chi connectivity index (χ2v) is 11.5. The van der Waals surface area contributed by atoms with E-state index in [0.29, 0.717) is 30.9 Å². The van der Waals surface area contributed by atoms with Crippen LogP contribution in [0.15, 0.2) is 24.0 Å². The van der Waals surface area contributed by atoms with Crippen LogP contribution in [0.4, 0.5) is 0 Å². The summed E-state index contributed by atoms with van der Waals surface area (Å²) in [6.45, 7) is 3.17. The lowest BCUT2D eigenvalue weighted by molar-refractivity contribution is -0.176. The quantitative estimate of drug-likeness (QED) is 0.273. The van der Waals surface area contributed by atoms with Gasteiger partial charge in [0.2, 0.25) is 5.91 Å². The Balaban J connectivity index is 1.37. The number of nitrogens with one attached hydrogen (secondary N) is 1. The molecule has 0 radical (unpaired) electrons. The average Bonchev–Trinajstić information content (AvgIpc) is 3.29. The minimum atomic E-state index is -1.45. The zero-order valence-electron chi connectivity index (χ0n) is 23.9. The molecule has 13 nitrogen and oxygen atoms in total. The molecule has 4 N–H and O–H groups in total. The van der Waals surface area contributed by atoms with Gasteiger partial charge >= 0.3 is 17.9 Å². The van der Waals surface area contributed by atoms with E-state index in [0.717, 1.165) is 11.1 Å². The van der Waals surface area contributed by atoms with Crippen LogP contribution in [0.5, 0.6) is 11.5 Å². The van der Waals surface area contributed by atoms with Gasteiger partial charge in [0, 0.05) is 24.4 Å². The first-order chi connectivity index (χ1) is 19.8. The van der Waals surface area contributed by atoms with Crippen LogP contribution in [-0.4, -0.2) is 101 Å². The van der Waals surface area contributed by atoms with Crippen LogP contribution in [0.1, 0.15) is 50.7 Å². The van der Waals surface area contributed by atoms with Gasteiger partial charge in [-0.05, 0) is 64.4 Å². The SMILES string of the molecule is COc1ccc2c3c1O[C@@H]1C(OC(=O)[C@H](C)OC(=O)[C@H](CCC(=O)O)NC(=O)[C@H](C)O)=CC[C@]4(O)[C@H](C2)N(C)CC[C@@]314. The number of aliphatic carboxylic acids is 1. The van der Waals surface area contributed by atoms with E-state index < -0.39 is 65.6 Å². The van der Waals surface area contributed by atoms with Crippen molar-refractivity contribution in [1.82, 2.24) is 10.2 Å². The van der Waals surface area contributed by atoms with Gasteiger partial charge in [-0.3, -0.25) is 9.59 Å². The first kappa shape index (κ1) is 29.8. The molecule has 2 bridgehead atoms. The number of carboxylic acid groups (broad SMARTS) is 1. The Bertz CT molecular complexity index is 1340. The minimum absolute atomic E-state index is 0.183. The van der Waals surface area contributed by atoms with E-state index >= 15 is 0 Å². The molecule has 13 heteroatoms. The van der Waals surface area contributed by atoms with Crippen molar-refractivity contribution >= 4 is 23.8 Å². The summed E-state index contributed by atoms with van der Waals surface area (Å²) in [7, 11) is 3.52. The molecule has 0 saturated carbocycles. The number of nitrogens with zero attached hydrogens (tertiary/aromatic N) is 1. The fourth-order valence-electron chi connectivity index (χ4n) is 6.90. The number of rotatable bonds is 10. The number of piperidine rings is 1. The van der Waals surface area contributed by atoms with Gasteiger partial charge in [-0.25, -0.2) is 9.59 Å². The molecule has 1 saturated heterocycles. The molecule has 1 spiro atoms. The maximum Gasteiger partial charge on any atom is 0.352 e. The number of hydrogen-bond acceptors (Lipinski definition) is 11. The third kappa shape index (κ3) is 4.59. The van der Waals surface area contributed by atoms with Gasteiger partial charge in [0.1, 0.15) is 17.9 Å². The number of ether oxygens (including phenoxy) is 4. The number of aliphatic hydroxyl groups is 2. The third-order valence-electron chi connectivity index (χ3n) is 9.03. The van der Waals surface area contributed by atoms with Crippen molar-refractivity contribution < 1.29 is 53.4 Å². The lowest BCUT2D eigenvalue weighted by atomic mass is 9.50. The molecule has 1 fully saturated rings. The molecule has 2 aliphatic heterocycles. The van der Waals surface area contributed by atoms with Crippen LogP contribution in [0.25, 0.3) is 0 Å². The molecule has 1 amide bonds. The normalized spacial score (nSPS) is 29.1. The number of hydrogen-bond donors (Lipinski definition) is 4. The zero-order valence-corrected chi connectivity index (χ0v) is 23.9. The van der Waals surface area contributed by atoms with Crippen molar-refractivity contribution in [3.63, 3.8) is 0 Å². The van der Waals surface area contributed by atoms with Crippen molar-refractivity contribution in [2.24, 2.45) is 0 Å². The number of benzene rings is 1. The average molecular weight is 589 g/mol. The van der Waals surface area contributed by atoms with Gasteiger partial charge in [-0.2, -0.15) is 0 Å². The molecule has 2 aliphatic carbocycles. The Labute approximate surface area is 242 Å². The summed E-state index contributed by atoms with van der Waals surface area (Å²) in [5.74, 6) is -2.85. The number of likely N-dealkylation sites (tertiary alicyclic amines) is 1. The Hall–Kier alpha value is -3.68. The van der Waals surface area contributed by atoms with Crippen LogP contribution >= 0.6 is 0 Å². The summed E-state index contributed by atoms with van der Waals surface area (Å²) in [6, 6.07) is 2.23. The predicted molar refractivity (Wildman–Crippen MR) is 144 cm³/mol. The summed E-state index contributed by atoms with van der Waals surface area (Å²) >= 11 is 0. The first-order valence-corrected chi connectivity index (χ1v) is 14.0. The van der Waals surface area contributed by atoms with E-state index in [1.807, 2.05) is 19.2 Å². The van der Waals surface area contributed by atoms with Crippen molar-refractivity contribution in [2.45, 2.75) is 87.4 Å². The highest BCUT2D eigenvalue weighted by atomic mass is 16.6. The van der Waals surface area contributed by atoms with Gasteiger partial charge in [0.25, 0.3) is 0 Å². The maximum atomic E-state index is 13.2. The summed E-state index contributed by atoms with van der Waals surface area (Å²) in [6.07, 6.45) is -1.47. The number of carbonyl (C=O) groups excluding carboxylic acids is 3. The van der Waals surface area contributed by atoms with E-state index in [2.05, 4.69) is 10.2 Å². The molecule has 228 valence electrons. The van der Waals surface area contributed by atoms with E-state index in [4.69, 9.17) is 24.1 Å². The molecular weight excluding hydrogens is 552 g/mol. The number of carboxylic acids is 1. The Morgan fingerprint density at radius 2 is 1.95 bits per heavy atom. The Morgan fingerprint density at radius 3 is 2.62 bits per heavy atom. The van der Waals surface area contributed by atoms with Gasteiger partial charge in [0.05, 0.1) is 18.1 Å². The van der Waals surface area contributed by atoms with Gasteiger partial charge in [-0.1, -0.05) is 6.07 Å². The van der Waals surface area contributed by atoms with E-state index in [1.165, 1.54) is 21.0 Å². The Kier molecular flexibility index (Phi) is 7.71. The highest BCUT2D eigenvalue weighted by Crippen LogP contribution is 2.65. The molecule has 4 aliphatic rings. The number of likely N-dealkylation sites (N-methyl/N-ethyl adjacent to an activating group) is 1. The molecule has 5 rings (SSSR count). The molecule has 0 aromatic heterocycles. The molecule has 1 aromatic carbocycles. The summed E-state index contributed by atoms with van der Waals surface area (Å²) in [5, 5.41) is 33.0. The monoisotopic (exact) mass is 588 g/mol. The highest BCUT2D eigenvalue weighted by molar-refractivity contribution is 5.88. The van der Waals surface area contributed by atoms with Gasteiger partial charge in [-0.15, -0.1) is 0 Å². The smallest absolute Gasteiger partial charge is 0.352 e. The number of amides is 1. The minimum Gasteiger partial charge on any atom is -0.493 e. The van der Waals surface area contributed by atoms with Crippen LogP contribution in [0.3, 0.4) is 0 Å². The van der Waals surface area contributed by atoms with Gasteiger partial charge < -0.3 is 44.5 Å². The molecular formula is C29H36N2O11. The number of methoxy groups -OCH3 is 1. The second-order valence-electron chi connectivity index (χ2n) is 11.5. The maximum absolute atomic E-state index is 13.2. The largest absolute Gasteiger partial charge is 0.493 e. The van der Waals surface area contributed by atoms with Crippen molar-refractivity contribution in [3.8, 4) is 11.5 Å². The molecule has 7 atom stereocenters. The van der Waals surface area contributed by atoms with Crippen LogP contribution in [0, 0.1) is 0 Å². The van der Waals surface area contributed by atoms with Crippen LogP contribution < -0.4 is 14.8 Å². The molecule has 0 unspecified atom stereocenters.